The normalized spacial score (nSPS) is 9.90. The van der Waals surface area contributed by atoms with Gasteiger partial charge in [-0.2, -0.15) is 5.26 Å². The van der Waals surface area contributed by atoms with E-state index in [0.29, 0.717) is 17.1 Å². The number of anilines is 1. The average molecular weight is 296 g/mol. The second kappa shape index (κ2) is 7.51. The molecular weight excluding hydrogens is 280 g/mol. The second-order valence-electron chi connectivity index (χ2n) is 4.68. The third-order valence-electron chi connectivity index (χ3n) is 2.93. The number of hydrogen-bond acceptors (Lipinski definition) is 3. The van der Waals surface area contributed by atoms with Crippen LogP contribution in [-0.4, -0.2) is 11.7 Å². The summed E-state index contributed by atoms with van der Waals surface area (Å²) >= 11 is 1.50. The van der Waals surface area contributed by atoms with Crippen LogP contribution in [0, 0.1) is 18.3 Å². The largest absolute Gasteiger partial charge is 0.325 e. The summed E-state index contributed by atoms with van der Waals surface area (Å²) < 4.78 is 0. The first-order valence-corrected chi connectivity index (χ1v) is 7.77. The number of nitrogens with zero attached hydrogens (tertiary/aromatic N) is 1. The van der Waals surface area contributed by atoms with Crippen molar-refractivity contribution >= 4 is 23.4 Å². The molecule has 2 rings (SSSR count). The van der Waals surface area contributed by atoms with Crippen LogP contribution in [0.3, 0.4) is 0 Å². The van der Waals surface area contributed by atoms with Crippen molar-refractivity contribution in [2.45, 2.75) is 12.7 Å². The molecule has 0 atom stereocenters. The van der Waals surface area contributed by atoms with E-state index in [9.17, 15) is 4.79 Å². The van der Waals surface area contributed by atoms with Crippen LogP contribution in [-0.2, 0) is 10.5 Å². The number of carbonyl (C=O) groups is 1. The lowest BCUT2D eigenvalue weighted by atomic mass is 10.1. The monoisotopic (exact) mass is 296 g/mol. The Morgan fingerprint density at radius 2 is 2.05 bits per heavy atom. The first-order chi connectivity index (χ1) is 10.2. The third-order valence-corrected chi connectivity index (χ3v) is 3.91. The SMILES string of the molecule is Cc1cccc(NC(=O)CSCc2ccccc2C#N)c1. The first-order valence-electron chi connectivity index (χ1n) is 6.61. The number of thioether (sulfide) groups is 1. The minimum Gasteiger partial charge on any atom is -0.325 e. The van der Waals surface area contributed by atoms with E-state index in [1.54, 1.807) is 6.07 Å². The van der Waals surface area contributed by atoms with Gasteiger partial charge in [0.25, 0.3) is 0 Å². The van der Waals surface area contributed by atoms with Gasteiger partial charge in [-0.1, -0.05) is 30.3 Å². The topological polar surface area (TPSA) is 52.9 Å². The van der Waals surface area contributed by atoms with E-state index >= 15 is 0 Å². The summed E-state index contributed by atoms with van der Waals surface area (Å²) in [6, 6.07) is 17.4. The molecule has 1 N–H and O–H groups in total. The molecule has 0 radical (unpaired) electrons. The van der Waals surface area contributed by atoms with Crippen LogP contribution in [0.15, 0.2) is 48.5 Å². The van der Waals surface area contributed by atoms with E-state index in [4.69, 9.17) is 5.26 Å². The van der Waals surface area contributed by atoms with Crippen LogP contribution >= 0.6 is 11.8 Å². The fraction of sp³-hybridized carbons (Fsp3) is 0.176. The van der Waals surface area contributed by atoms with Crippen molar-refractivity contribution in [2.24, 2.45) is 0 Å². The van der Waals surface area contributed by atoms with Crippen LogP contribution in [0.25, 0.3) is 0 Å². The highest BCUT2D eigenvalue weighted by molar-refractivity contribution is 7.99. The van der Waals surface area contributed by atoms with Crippen molar-refractivity contribution < 1.29 is 4.79 Å². The highest BCUT2D eigenvalue weighted by Gasteiger charge is 2.05. The summed E-state index contributed by atoms with van der Waals surface area (Å²) in [6.07, 6.45) is 0. The zero-order valence-electron chi connectivity index (χ0n) is 11.8. The van der Waals surface area contributed by atoms with E-state index < -0.39 is 0 Å². The maximum absolute atomic E-state index is 11.9. The predicted octanol–water partition coefficient (Wildman–Crippen LogP) is 3.74. The van der Waals surface area contributed by atoms with Crippen molar-refractivity contribution in [1.29, 1.82) is 5.26 Å². The lowest BCUT2D eigenvalue weighted by Gasteiger charge is -2.06. The van der Waals surface area contributed by atoms with Crippen LogP contribution in [0.2, 0.25) is 0 Å². The Balaban J connectivity index is 1.83. The van der Waals surface area contributed by atoms with E-state index in [1.165, 1.54) is 11.8 Å². The molecule has 0 aromatic heterocycles. The number of nitrogens with one attached hydrogen (secondary N) is 1. The summed E-state index contributed by atoms with van der Waals surface area (Å²) in [5.41, 5.74) is 3.57. The van der Waals surface area contributed by atoms with Gasteiger partial charge in [-0.15, -0.1) is 11.8 Å². The Labute approximate surface area is 129 Å². The van der Waals surface area contributed by atoms with Gasteiger partial charge < -0.3 is 5.32 Å². The molecule has 2 aromatic rings. The van der Waals surface area contributed by atoms with E-state index in [0.717, 1.165) is 16.8 Å². The average Bonchev–Trinajstić information content (AvgIpc) is 2.47. The smallest absolute Gasteiger partial charge is 0.234 e. The molecule has 0 saturated carbocycles. The van der Waals surface area contributed by atoms with Gasteiger partial charge in [-0.05, 0) is 36.2 Å². The standard InChI is InChI=1S/C17H16N2OS/c1-13-5-4-8-16(9-13)19-17(20)12-21-11-15-7-3-2-6-14(15)10-18/h2-9H,11-12H2,1H3,(H,19,20). The molecule has 0 spiro atoms. The van der Waals surface area contributed by atoms with Crippen molar-refractivity contribution in [3.8, 4) is 6.07 Å². The molecule has 4 heteroatoms. The molecule has 106 valence electrons. The lowest BCUT2D eigenvalue weighted by Crippen LogP contribution is -2.14. The van der Waals surface area contributed by atoms with Crippen LogP contribution in [0.1, 0.15) is 16.7 Å². The molecule has 21 heavy (non-hydrogen) atoms. The number of aryl methyl sites for hydroxylation is 1. The molecule has 0 fully saturated rings. The van der Waals surface area contributed by atoms with E-state index in [1.807, 2.05) is 49.4 Å². The molecule has 0 aliphatic carbocycles. The van der Waals surface area contributed by atoms with Gasteiger partial charge in [0.15, 0.2) is 0 Å². The summed E-state index contributed by atoms with van der Waals surface area (Å²) in [5.74, 6) is 0.999. The predicted molar refractivity (Wildman–Crippen MR) is 87.1 cm³/mol. The zero-order valence-corrected chi connectivity index (χ0v) is 12.6. The molecule has 3 nitrogen and oxygen atoms in total. The van der Waals surface area contributed by atoms with Crippen molar-refractivity contribution in [3.63, 3.8) is 0 Å². The number of nitriles is 1. The summed E-state index contributed by atoms with van der Waals surface area (Å²) in [7, 11) is 0. The Kier molecular flexibility index (Phi) is 5.42. The van der Waals surface area contributed by atoms with Crippen molar-refractivity contribution in [2.75, 3.05) is 11.1 Å². The Bertz CT molecular complexity index is 676. The maximum atomic E-state index is 11.9. The highest BCUT2D eigenvalue weighted by atomic mass is 32.2. The highest BCUT2D eigenvalue weighted by Crippen LogP contribution is 2.16. The number of amides is 1. The van der Waals surface area contributed by atoms with Crippen molar-refractivity contribution in [1.82, 2.24) is 0 Å². The molecule has 0 aliphatic rings. The Morgan fingerprint density at radius 1 is 1.24 bits per heavy atom. The summed E-state index contributed by atoms with van der Waals surface area (Å²) in [5, 5.41) is 11.9. The summed E-state index contributed by atoms with van der Waals surface area (Å²) in [6.45, 7) is 1.99. The van der Waals surface area contributed by atoms with Crippen LogP contribution < -0.4 is 5.32 Å². The van der Waals surface area contributed by atoms with Crippen LogP contribution in [0.4, 0.5) is 5.69 Å². The minimum atomic E-state index is -0.0277. The maximum Gasteiger partial charge on any atom is 0.234 e. The molecular formula is C17H16N2OS. The van der Waals surface area contributed by atoms with Crippen molar-refractivity contribution in [3.05, 3.63) is 65.2 Å². The van der Waals surface area contributed by atoms with Gasteiger partial charge in [0, 0.05) is 11.4 Å². The molecule has 0 saturated heterocycles. The first kappa shape index (κ1) is 15.1. The lowest BCUT2D eigenvalue weighted by molar-refractivity contribution is -0.113. The quantitative estimate of drug-likeness (QED) is 0.914. The number of carbonyl (C=O) groups excluding carboxylic acids is 1. The van der Waals surface area contributed by atoms with Crippen LogP contribution in [0.5, 0.6) is 0 Å². The van der Waals surface area contributed by atoms with Gasteiger partial charge in [0.1, 0.15) is 0 Å². The molecule has 0 bridgehead atoms. The number of rotatable bonds is 5. The molecule has 2 aromatic carbocycles. The van der Waals surface area contributed by atoms with Gasteiger partial charge in [0.05, 0.1) is 17.4 Å². The van der Waals surface area contributed by atoms with Gasteiger partial charge in [-0.25, -0.2) is 0 Å². The zero-order chi connectivity index (χ0) is 15.1. The van der Waals surface area contributed by atoms with Gasteiger partial charge >= 0.3 is 0 Å². The summed E-state index contributed by atoms with van der Waals surface area (Å²) in [4.78, 5) is 11.9. The number of hydrogen-bond donors (Lipinski definition) is 1. The van der Waals surface area contributed by atoms with Gasteiger partial charge in [-0.3, -0.25) is 4.79 Å². The fourth-order valence-electron chi connectivity index (χ4n) is 1.93. The van der Waals surface area contributed by atoms with Gasteiger partial charge in [0.2, 0.25) is 5.91 Å². The van der Waals surface area contributed by atoms with E-state index in [-0.39, 0.29) is 5.91 Å². The Hall–Kier alpha value is -2.25. The number of benzene rings is 2. The second-order valence-corrected chi connectivity index (χ2v) is 5.67. The Morgan fingerprint density at radius 3 is 2.81 bits per heavy atom. The fourth-order valence-corrected chi connectivity index (χ4v) is 2.76. The molecule has 0 heterocycles. The molecule has 0 unspecified atom stereocenters. The molecule has 1 amide bonds. The molecule has 0 aliphatic heterocycles. The minimum absolute atomic E-state index is 0.0277. The van der Waals surface area contributed by atoms with E-state index in [2.05, 4.69) is 11.4 Å². The third kappa shape index (κ3) is 4.66.